The maximum atomic E-state index is 12.7. The van der Waals surface area contributed by atoms with Crippen molar-refractivity contribution < 1.29 is 36.9 Å². The van der Waals surface area contributed by atoms with Crippen LogP contribution in [0.4, 0.5) is 8.78 Å². The predicted molar refractivity (Wildman–Crippen MR) is 73.5 cm³/mol. The lowest BCUT2D eigenvalue weighted by Gasteiger charge is -2.11. The van der Waals surface area contributed by atoms with Crippen molar-refractivity contribution in [2.45, 2.75) is 0 Å². The summed E-state index contributed by atoms with van der Waals surface area (Å²) in [5.41, 5.74) is -0.419. The molecule has 0 aliphatic heterocycles. The summed E-state index contributed by atoms with van der Waals surface area (Å²) >= 11 is 0. The molecule has 0 heterocycles. The van der Waals surface area contributed by atoms with Crippen molar-refractivity contribution in [1.29, 1.82) is 0 Å². The number of hydrogen-bond acceptors (Lipinski definition) is 5. The van der Waals surface area contributed by atoms with Crippen molar-refractivity contribution in [3.05, 3.63) is 71.3 Å². The molecule has 0 saturated heterocycles. The van der Waals surface area contributed by atoms with E-state index < -0.39 is 31.4 Å². The molecule has 0 spiro atoms. The number of phosphoric ester groups is 1. The number of benzene rings is 2. The number of halogens is 2. The van der Waals surface area contributed by atoms with E-state index in [9.17, 15) is 27.8 Å². The fraction of sp³-hybridized carbons (Fsp3) is 0. The van der Waals surface area contributed by atoms with Crippen LogP contribution in [0.2, 0.25) is 0 Å². The topological polar surface area (TPSA) is 89.9 Å². The number of carbonyl (C=O) groups is 2. The van der Waals surface area contributed by atoms with Crippen LogP contribution in [0.15, 0.2) is 48.5 Å². The summed E-state index contributed by atoms with van der Waals surface area (Å²) in [7, 11) is -5.05. The Morgan fingerprint density at radius 1 is 0.783 bits per heavy atom. The first-order valence-corrected chi connectivity index (χ1v) is 7.58. The van der Waals surface area contributed by atoms with Gasteiger partial charge in [-0.1, -0.05) is 0 Å². The summed E-state index contributed by atoms with van der Waals surface area (Å²) in [5, 5.41) is 0. The SMILES string of the molecule is O=C(OP(=O)(O)OC(=O)c1ccc(F)cc1)c1ccc(F)cc1. The number of carbonyl (C=O) groups excluding carboxylic acids is 2. The molecule has 0 saturated carbocycles. The second-order valence-electron chi connectivity index (χ2n) is 4.24. The molecule has 6 nitrogen and oxygen atoms in total. The van der Waals surface area contributed by atoms with E-state index in [1.54, 1.807) is 0 Å². The van der Waals surface area contributed by atoms with Gasteiger partial charge in [0.05, 0.1) is 11.1 Å². The highest BCUT2D eigenvalue weighted by Crippen LogP contribution is 2.44. The van der Waals surface area contributed by atoms with Crippen molar-refractivity contribution in [1.82, 2.24) is 0 Å². The quantitative estimate of drug-likeness (QED) is 0.859. The number of phosphoric acid groups is 1. The van der Waals surface area contributed by atoms with Crippen LogP contribution < -0.4 is 0 Å². The zero-order valence-electron chi connectivity index (χ0n) is 11.3. The summed E-state index contributed by atoms with van der Waals surface area (Å²) in [6.07, 6.45) is 0. The zero-order chi connectivity index (χ0) is 17.0. The van der Waals surface area contributed by atoms with Crippen LogP contribution >= 0.6 is 7.82 Å². The van der Waals surface area contributed by atoms with Crippen LogP contribution in [-0.4, -0.2) is 16.8 Å². The Morgan fingerprint density at radius 3 is 1.39 bits per heavy atom. The molecule has 0 amide bonds. The lowest BCUT2D eigenvalue weighted by Crippen LogP contribution is -2.09. The van der Waals surface area contributed by atoms with Crippen molar-refractivity contribution in [2.75, 3.05) is 0 Å². The predicted octanol–water partition coefficient (Wildman–Crippen LogP) is 3.08. The zero-order valence-corrected chi connectivity index (χ0v) is 12.2. The van der Waals surface area contributed by atoms with Gasteiger partial charge in [0.25, 0.3) is 0 Å². The van der Waals surface area contributed by atoms with Gasteiger partial charge >= 0.3 is 19.8 Å². The standard InChI is InChI=1S/C14H9F2O6P/c15-11-5-1-9(2-6-11)13(17)21-23(19,20)22-14(18)10-3-7-12(16)8-4-10/h1-8H,(H,19,20). The van der Waals surface area contributed by atoms with Crippen molar-refractivity contribution in [3.8, 4) is 0 Å². The highest BCUT2D eigenvalue weighted by molar-refractivity contribution is 7.48. The van der Waals surface area contributed by atoms with E-state index in [1.807, 2.05) is 0 Å². The summed E-state index contributed by atoms with van der Waals surface area (Å²) in [4.78, 5) is 32.6. The monoisotopic (exact) mass is 342 g/mol. The molecule has 0 atom stereocenters. The summed E-state index contributed by atoms with van der Waals surface area (Å²) < 4.78 is 45.5. The van der Waals surface area contributed by atoms with Crippen LogP contribution in [0.3, 0.4) is 0 Å². The van der Waals surface area contributed by atoms with Gasteiger partial charge in [0.15, 0.2) is 0 Å². The molecular formula is C14H9F2O6P. The molecule has 2 aromatic carbocycles. The van der Waals surface area contributed by atoms with Gasteiger partial charge in [-0.15, -0.1) is 0 Å². The van der Waals surface area contributed by atoms with Crippen LogP contribution in [0.5, 0.6) is 0 Å². The average Bonchev–Trinajstić information content (AvgIpc) is 2.47. The van der Waals surface area contributed by atoms with Gasteiger partial charge in [-0.2, -0.15) is 0 Å². The van der Waals surface area contributed by atoms with E-state index >= 15 is 0 Å². The van der Waals surface area contributed by atoms with Gasteiger partial charge < -0.3 is 9.05 Å². The highest BCUT2D eigenvalue weighted by Gasteiger charge is 2.31. The first-order chi connectivity index (χ1) is 10.8. The van der Waals surface area contributed by atoms with Crippen molar-refractivity contribution in [2.24, 2.45) is 0 Å². The van der Waals surface area contributed by atoms with Gasteiger partial charge in [-0.3, -0.25) is 4.89 Å². The lowest BCUT2D eigenvalue weighted by atomic mass is 10.2. The van der Waals surface area contributed by atoms with E-state index in [0.717, 1.165) is 48.5 Å². The van der Waals surface area contributed by atoms with Gasteiger partial charge in [-0.25, -0.2) is 22.9 Å². The van der Waals surface area contributed by atoms with E-state index in [4.69, 9.17) is 0 Å². The average molecular weight is 342 g/mol. The van der Waals surface area contributed by atoms with E-state index in [2.05, 4.69) is 9.05 Å². The highest BCUT2D eigenvalue weighted by atomic mass is 31.2. The Bertz CT molecular complexity index is 709. The molecule has 0 bridgehead atoms. The smallest absolute Gasteiger partial charge is 0.357 e. The molecule has 2 rings (SSSR count). The summed E-state index contributed by atoms with van der Waals surface area (Å²) in [6.45, 7) is 0. The Morgan fingerprint density at radius 2 is 1.09 bits per heavy atom. The van der Waals surface area contributed by atoms with Gasteiger partial charge in [0, 0.05) is 0 Å². The third kappa shape index (κ3) is 4.70. The van der Waals surface area contributed by atoms with E-state index in [0.29, 0.717) is 0 Å². The van der Waals surface area contributed by atoms with E-state index in [-0.39, 0.29) is 11.1 Å². The number of hydrogen-bond donors (Lipinski definition) is 1. The van der Waals surface area contributed by atoms with Crippen LogP contribution in [0.1, 0.15) is 20.7 Å². The molecule has 0 aliphatic rings. The first-order valence-electron chi connectivity index (χ1n) is 6.08. The molecule has 0 radical (unpaired) electrons. The molecule has 0 aliphatic carbocycles. The maximum Gasteiger partial charge on any atom is 0.589 e. The minimum Gasteiger partial charge on any atom is -0.357 e. The molecule has 0 fully saturated rings. The Labute approximate surface area is 128 Å². The molecular weight excluding hydrogens is 333 g/mol. The fourth-order valence-corrected chi connectivity index (χ4v) is 2.17. The first kappa shape index (κ1) is 16.8. The lowest BCUT2D eigenvalue weighted by molar-refractivity contribution is 0.0566. The normalized spacial score (nSPS) is 10.9. The largest absolute Gasteiger partial charge is 0.589 e. The molecule has 0 aromatic heterocycles. The van der Waals surface area contributed by atoms with Crippen molar-refractivity contribution >= 4 is 19.8 Å². The molecule has 2 aromatic rings. The molecule has 1 N–H and O–H groups in total. The van der Waals surface area contributed by atoms with Crippen LogP contribution in [0, 0.1) is 11.6 Å². The Hall–Kier alpha value is -2.57. The summed E-state index contributed by atoms with van der Waals surface area (Å²) in [5.74, 6) is -3.78. The molecule has 23 heavy (non-hydrogen) atoms. The molecule has 120 valence electrons. The van der Waals surface area contributed by atoms with E-state index in [1.165, 1.54) is 0 Å². The Kier molecular flexibility index (Phi) is 4.88. The van der Waals surface area contributed by atoms with Gasteiger partial charge in [0.2, 0.25) is 0 Å². The van der Waals surface area contributed by atoms with Crippen LogP contribution in [-0.2, 0) is 13.6 Å². The van der Waals surface area contributed by atoms with Gasteiger partial charge in [-0.05, 0) is 48.5 Å². The molecule has 9 heteroatoms. The van der Waals surface area contributed by atoms with Crippen LogP contribution in [0.25, 0.3) is 0 Å². The maximum absolute atomic E-state index is 12.7. The minimum absolute atomic E-state index is 0.210. The second-order valence-corrected chi connectivity index (χ2v) is 5.54. The summed E-state index contributed by atoms with van der Waals surface area (Å²) in [6, 6.07) is 7.90. The van der Waals surface area contributed by atoms with Crippen molar-refractivity contribution in [3.63, 3.8) is 0 Å². The number of rotatable bonds is 4. The third-order valence-corrected chi connectivity index (χ3v) is 3.35. The minimum atomic E-state index is -5.05. The fourth-order valence-electron chi connectivity index (χ4n) is 1.51. The van der Waals surface area contributed by atoms with Gasteiger partial charge in [0.1, 0.15) is 11.6 Å². The Balaban J connectivity index is 2.05. The third-order valence-electron chi connectivity index (χ3n) is 2.56. The molecule has 0 unspecified atom stereocenters. The second kappa shape index (κ2) is 6.68.